The van der Waals surface area contributed by atoms with Crippen LogP contribution in [-0.4, -0.2) is 40.8 Å². The van der Waals surface area contributed by atoms with Crippen LogP contribution >= 0.6 is 15.9 Å². The molecule has 0 radical (unpaired) electrons. The number of carbonyl (C=O) groups excluding carboxylic acids is 2. The SMILES string of the molecule is Cc1ccccc1C(=O)NC1CCN(C(=O)c2cncc(Br)c2)CC1. The number of piperidine rings is 1. The third-order valence-corrected chi connectivity index (χ3v) is 4.89. The summed E-state index contributed by atoms with van der Waals surface area (Å²) in [5, 5.41) is 3.09. The third-order valence-electron chi connectivity index (χ3n) is 4.46. The molecule has 1 N–H and O–H groups in total. The van der Waals surface area contributed by atoms with E-state index in [-0.39, 0.29) is 17.9 Å². The molecule has 0 aliphatic carbocycles. The molecule has 1 aliphatic heterocycles. The smallest absolute Gasteiger partial charge is 0.255 e. The highest BCUT2D eigenvalue weighted by Crippen LogP contribution is 2.17. The minimum atomic E-state index is -0.0425. The Morgan fingerprint density at radius 3 is 2.60 bits per heavy atom. The van der Waals surface area contributed by atoms with Crippen molar-refractivity contribution < 1.29 is 9.59 Å². The number of likely N-dealkylation sites (tertiary alicyclic amines) is 1. The monoisotopic (exact) mass is 401 g/mol. The van der Waals surface area contributed by atoms with Gasteiger partial charge in [0.15, 0.2) is 0 Å². The van der Waals surface area contributed by atoms with Gasteiger partial charge < -0.3 is 10.2 Å². The lowest BCUT2D eigenvalue weighted by Gasteiger charge is -2.32. The third kappa shape index (κ3) is 4.25. The molecule has 1 aliphatic rings. The topological polar surface area (TPSA) is 62.3 Å². The molecule has 0 spiro atoms. The Bertz CT molecular complexity index is 786. The van der Waals surface area contributed by atoms with Crippen LogP contribution in [0.3, 0.4) is 0 Å². The summed E-state index contributed by atoms with van der Waals surface area (Å²) in [6.45, 7) is 3.19. The van der Waals surface area contributed by atoms with Crippen molar-refractivity contribution in [2.75, 3.05) is 13.1 Å². The lowest BCUT2D eigenvalue weighted by Crippen LogP contribution is -2.46. The van der Waals surface area contributed by atoms with E-state index in [9.17, 15) is 9.59 Å². The number of pyridine rings is 1. The molecule has 2 heterocycles. The fourth-order valence-corrected chi connectivity index (χ4v) is 3.39. The maximum Gasteiger partial charge on any atom is 0.255 e. The summed E-state index contributed by atoms with van der Waals surface area (Å²) in [5.41, 5.74) is 2.26. The summed E-state index contributed by atoms with van der Waals surface area (Å²) in [7, 11) is 0. The molecule has 25 heavy (non-hydrogen) atoms. The zero-order valence-corrected chi connectivity index (χ0v) is 15.6. The largest absolute Gasteiger partial charge is 0.349 e. The van der Waals surface area contributed by atoms with Crippen molar-refractivity contribution in [1.82, 2.24) is 15.2 Å². The Morgan fingerprint density at radius 1 is 1.20 bits per heavy atom. The van der Waals surface area contributed by atoms with Crippen LogP contribution in [0.2, 0.25) is 0 Å². The first-order valence-electron chi connectivity index (χ1n) is 8.31. The van der Waals surface area contributed by atoms with Crippen LogP contribution < -0.4 is 5.32 Å². The van der Waals surface area contributed by atoms with E-state index in [4.69, 9.17) is 0 Å². The van der Waals surface area contributed by atoms with Crippen LogP contribution in [0.4, 0.5) is 0 Å². The standard InChI is InChI=1S/C19H20BrN3O2/c1-13-4-2-3-5-17(13)18(24)22-16-6-8-23(9-7-16)19(25)14-10-15(20)12-21-11-14/h2-5,10-12,16H,6-9H2,1H3,(H,22,24). The molecule has 6 heteroatoms. The van der Waals surface area contributed by atoms with Crippen LogP contribution in [0.5, 0.6) is 0 Å². The molecule has 0 unspecified atom stereocenters. The normalized spacial score (nSPS) is 15.0. The van der Waals surface area contributed by atoms with Gasteiger partial charge in [0.05, 0.1) is 5.56 Å². The molecule has 1 aromatic heterocycles. The maximum atomic E-state index is 12.5. The zero-order chi connectivity index (χ0) is 17.8. The van der Waals surface area contributed by atoms with Gasteiger partial charge in [-0.2, -0.15) is 0 Å². The molecule has 2 aromatic rings. The molecule has 0 saturated carbocycles. The van der Waals surface area contributed by atoms with Gasteiger partial charge in [0, 0.05) is 41.6 Å². The number of aromatic nitrogens is 1. The second kappa shape index (κ2) is 7.78. The Hall–Kier alpha value is -2.21. The second-order valence-corrected chi connectivity index (χ2v) is 7.16. The molecular weight excluding hydrogens is 382 g/mol. The van der Waals surface area contributed by atoms with Crippen molar-refractivity contribution in [3.05, 3.63) is 63.9 Å². The number of halogens is 1. The van der Waals surface area contributed by atoms with Gasteiger partial charge in [-0.15, -0.1) is 0 Å². The predicted molar refractivity (Wildman–Crippen MR) is 99.5 cm³/mol. The molecule has 2 amide bonds. The van der Waals surface area contributed by atoms with Gasteiger partial charge in [-0.3, -0.25) is 14.6 Å². The molecular formula is C19H20BrN3O2. The predicted octanol–water partition coefficient (Wildman–Crippen LogP) is 3.19. The second-order valence-electron chi connectivity index (χ2n) is 6.25. The molecule has 5 nitrogen and oxygen atoms in total. The fourth-order valence-electron chi connectivity index (χ4n) is 3.03. The lowest BCUT2D eigenvalue weighted by molar-refractivity contribution is 0.0697. The van der Waals surface area contributed by atoms with Crippen LogP contribution in [0.1, 0.15) is 39.1 Å². The number of aryl methyl sites for hydroxylation is 1. The molecule has 1 aromatic carbocycles. The number of rotatable bonds is 3. The molecule has 3 rings (SSSR count). The average Bonchev–Trinajstić information content (AvgIpc) is 2.62. The summed E-state index contributed by atoms with van der Waals surface area (Å²) in [6, 6.07) is 9.44. The minimum Gasteiger partial charge on any atom is -0.349 e. The first kappa shape index (κ1) is 17.6. The zero-order valence-electron chi connectivity index (χ0n) is 14.0. The fraction of sp³-hybridized carbons (Fsp3) is 0.316. The quantitative estimate of drug-likeness (QED) is 0.858. The van der Waals surface area contributed by atoms with E-state index in [0.717, 1.165) is 22.9 Å². The van der Waals surface area contributed by atoms with E-state index < -0.39 is 0 Å². The highest BCUT2D eigenvalue weighted by Gasteiger charge is 2.25. The Balaban J connectivity index is 1.56. The Labute approximate surface area is 155 Å². The average molecular weight is 402 g/mol. The van der Waals surface area contributed by atoms with Gasteiger partial charge in [0.25, 0.3) is 11.8 Å². The first-order chi connectivity index (χ1) is 12.0. The number of amides is 2. The highest BCUT2D eigenvalue weighted by molar-refractivity contribution is 9.10. The number of carbonyl (C=O) groups is 2. The number of nitrogens with zero attached hydrogens (tertiary/aromatic N) is 2. The minimum absolute atomic E-state index is 0.0162. The van der Waals surface area contributed by atoms with E-state index in [1.807, 2.05) is 36.1 Å². The summed E-state index contributed by atoms with van der Waals surface area (Å²) in [5.74, 6) is -0.0588. The molecule has 1 fully saturated rings. The molecule has 130 valence electrons. The summed E-state index contributed by atoms with van der Waals surface area (Å²) >= 11 is 3.34. The van der Waals surface area contributed by atoms with Crippen molar-refractivity contribution in [2.45, 2.75) is 25.8 Å². The maximum absolute atomic E-state index is 12.5. The Kier molecular flexibility index (Phi) is 5.48. The van der Waals surface area contributed by atoms with Crippen molar-refractivity contribution in [3.8, 4) is 0 Å². The van der Waals surface area contributed by atoms with Crippen LogP contribution in [0, 0.1) is 6.92 Å². The van der Waals surface area contributed by atoms with E-state index >= 15 is 0 Å². The van der Waals surface area contributed by atoms with Gasteiger partial charge in [0.2, 0.25) is 0 Å². The van der Waals surface area contributed by atoms with Gasteiger partial charge in [-0.1, -0.05) is 18.2 Å². The molecule has 0 bridgehead atoms. The van der Waals surface area contributed by atoms with Gasteiger partial charge >= 0.3 is 0 Å². The van der Waals surface area contributed by atoms with E-state index in [1.54, 1.807) is 18.5 Å². The highest BCUT2D eigenvalue weighted by atomic mass is 79.9. The summed E-state index contributed by atoms with van der Waals surface area (Å²) in [4.78, 5) is 30.8. The van der Waals surface area contributed by atoms with Crippen molar-refractivity contribution in [3.63, 3.8) is 0 Å². The van der Waals surface area contributed by atoms with Gasteiger partial charge in [0.1, 0.15) is 0 Å². The number of hydrogen-bond acceptors (Lipinski definition) is 3. The Morgan fingerprint density at radius 2 is 1.92 bits per heavy atom. The number of hydrogen-bond donors (Lipinski definition) is 1. The molecule has 0 atom stereocenters. The van der Waals surface area contributed by atoms with E-state index in [0.29, 0.717) is 24.2 Å². The summed E-state index contributed by atoms with van der Waals surface area (Å²) < 4.78 is 0.790. The van der Waals surface area contributed by atoms with E-state index in [1.165, 1.54) is 0 Å². The number of benzene rings is 1. The van der Waals surface area contributed by atoms with Crippen LogP contribution in [0.15, 0.2) is 47.2 Å². The lowest BCUT2D eigenvalue weighted by atomic mass is 10.0. The van der Waals surface area contributed by atoms with Gasteiger partial charge in [-0.05, 0) is 53.4 Å². The van der Waals surface area contributed by atoms with Crippen LogP contribution in [-0.2, 0) is 0 Å². The first-order valence-corrected chi connectivity index (χ1v) is 9.10. The number of nitrogens with one attached hydrogen (secondary N) is 1. The van der Waals surface area contributed by atoms with Gasteiger partial charge in [-0.25, -0.2) is 0 Å². The van der Waals surface area contributed by atoms with E-state index in [2.05, 4.69) is 26.2 Å². The van der Waals surface area contributed by atoms with Crippen molar-refractivity contribution >= 4 is 27.7 Å². The van der Waals surface area contributed by atoms with Crippen molar-refractivity contribution in [1.29, 1.82) is 0 Å². The van der Waals surface area contributed by atoms with Crippen molar-refractivity contribution in [2.24, 2.45) is 0 Å². The van der Waals surface area contributed by atoms with Crippen LogP contribution in [0.25, 0.3) is 0 Å². The summed E-state index contributed by atoms with van der Waals surface area (Å²) in [6.07, 6.45) is 4.75. The molecule has 1 saturated heterocycles.